The topological polar surface area (TPSA) is 101 Å². The number of rotatable bonds is 8. The Morgan fingerprint density at radius 1 is 1.14 bits per heavy atom. The summed E-state index contributed by atoms with van der Waals surface area (Å²) in [5.41, 5.74) is 0.270. The zero-order chi connectivity index (χ0) is 21.6. The van der Waals surface area contributed by atoms with Crippen molar-refractivity contribution in [1.82, 2.24) is 10.6 Å². The van der Waals surface area contributed by atoms with Crippen molar-refractivity contribution >= 4 is 29.1 Å². The molecule has 0 radical (unpaired) electrons. The first-order valence-corrected chi connectivity index (χ1v) is 9.73. The number of benzene rings is 2. The minimum absolute atomic E-state index is 0.119. The second-order valence-corrected chi connectivity index (χ2v) is 7.22. The van der Waals surface area contributed by atoms with Crippen LogP contribution in [0.5, 0.6) is 0 Å². The van der Waals surface area contributed by atoms with Crippen LogP contribution in [0.25, 0.3) is 0 Å². The van der Waals surface area contributed by atoms with Crippen LogP contribution in [0.3, 0.4) is 0 Å². The van der Waals surface area contributed by atoms with Crippen LogP contribution in [0, 0.1) is 10.1 Å². The molecule has 1 atom stereocenters. The van der Waals surface area contributed by atoms with Crippen molar-refractivity contribution in [3.63, 3.8) is 0 Å². The first kappa shape index (κ1) is 22.4. The lowest BCUT2D eigenvalue weighted by Crippen LogP contribution is -2.52. The predicted octanol–water partition coefficient (Wildman–Crippen LogP) is 4.20. The van der Waals surface area contributed by atoms with Crippen molar-refractivity contribution in [1.29, 1.82) is 0 Å². The number of carbonyl (C=O) groups excluding carboxylic acids is 2. The van der Waals surface area contributed by atoms with E-state index < -0.39 is 22.4 Å². The number of hydrogen-bond acceptors (Lipinski definition) is 4. The molecule has 0 bridgehead atoms. The van der Waals surface area contributed by atoms with Crippen LogP contribution in [0.2, 0.25) is 5.02 Å². The van der Waals surface area contributed by atoms with Crippen LogP contribution in [0.15, 0.2) is 48.5 Å². The highest BCUT2D eigenvalue weighted by molar-refractivity contribution is 6.30. The highest BCUT2D eigenvalue weighted by Crippen LogP contribution is 2.29. The normalized spacial score (nSPS) is 12.1. The molecule has 2 rings (SSSR count). The highest BCUT2D eigenvalue weighted by Gasteiger charge is 2.32. The standard InChI is InChI=1S/C21H24ClN3O4/c1-4-21(5-2,16-9-11-17(22)12-10-16)24-19(26)14(3)23-20(27)15-7-6-8-18(13-15)25(28)29/h6-14H,4-5H2,1-3H3,(H,23,27)(H,24,26). The van der Waals surface area contributed by atoms with Gasteiger partial charge in [-0.3, -0.25) is 19.7 Å². The van der Waals surface area contributed by atoms with Crippen molar-refractivity contribution in [2.75, 3.05) is 0 Å². The van der Waals surface area contributed by atoms with Crippen molar-refractivity contribution in [3.05, 3.63) is 74.8 Å². The molecule has 0 saturated heterocycles. The monoisotopic (exact) mass is 417 g/mol. The minimum Gasteiger partial charge on any atom is -0.345 e. The second-order valence-electron chi connectivity index (χ2n) is 6.79. The van der Waals surface area contributed by atoms with Crippen LogP contribution in [0.4, 0.5) is 5.69 Å². The molecule has 2 amide bonds. The largest absolute Gasteiger partial charge is 0.345 e. The Bertz CT molecular complexity index is 895. The molecule has 2 aromatic rings. The molecule has 0 aliphatic carbocycles. The van der Waals surface area contributed by atoms with Crippen LogP contribution in [-0.2, 0) is 10.3 Å². The molecule has 0 heterocycles. The average Bonchev–Trinajstić information content (AvgIpc) is 2.72. The Morgan fingerprint density at radius 2 is 1.76 bits per heavy atom. The quantitative estimate of drug-likeness (QED) is 0.496. The summed E-state index contributed by atoms with van der Waals surface area (Å²) in [7, 11) is 0. The number of non-ortho nitro benzene ring substituents is 1. The number of amides is 2. The molecule has 0 aliphatic heterocycles. The van der Waals surface area contributed by atoms with Crippen molar-refractivity contribution in [3.8, 4) is 0 Å². The average molecular weight is 418 g/mol. The van der Waals surface area contributed by atoms with Crippen molar-refractivity contribution in [2.24, 2.45) is 0 Å². The Hall–Kier alpha value is -2.93. The molecule has 0 spiro atoms. The lowest BCUT2D eigenvalue weighted by atomic mass is 9.84. The third-order valence-corrected chi connectivity index (χ3v) is 5.28. The van der Waals surface area contributed by atoms with Gasteiger partial charge in [0, 0.05) is 22.7 Å². The fourth-order valence-electron chi connectivity index (χ4n) is 3.13. The van der Waals surface area contributed by atoms with Gasteiger partial charge in [0.1, 0.15) is 6.04 Å². The molecule has 0 aromatic heterocycles. The van der Waals surface area contributed by atoms with Gasteiger partial charge in [-0.25, -0.2) is 0 Å². The SMILES string of the molecule is CCC(CC)(NC(=O)C(C)NC(=O)c1cccc([N+](=O)[O-])c1)c1ccc(Cl)cc1. The molecular weight excluding hydrogens is 394 g/mol. The fourth-order valence-corrected chi connectivity index (χ4v) is 3.25. The molecule has 8 heteroatoms. The van der Waals surface area contributed by atoms with Gasteiger partial charge in [0.2, 0.25) is 5.91 Å². The van der Waals surface area contributed by atoms with E-state index in [1.807, 2.05) is 26.0 Å². The lowest BCUT2D eigenvalue weighted by molar-refractivity contribution is -0.384. The van der Waals surface area contributed by atoms with E-state index in [9.17, 15) is 19.7 Å². The number of nitrogens with one attached hydrogen (secondary N) is 2. The van der Waals surface area contributed by atoms with E-state index in [1.165, 1.54) is 24.3 Å². The summed E-state index contributed by atoms with van der Waals surface area (Å²) in [5, 5.41) is 17.1. The van der Waals surface area contributed by atoms with E-state index in [-0.39, 0.29) is 17.2 Å². The van der Waals surface area contributed by atoms with Crippen molar-refractivity contribution < 1.29 is 14.5 Å². The van der Waals surface area contributed by atoms with Gasteiger partial charge in [0.05, 0.1) is 10.5 Å². The number of nitro benzene ring substituents is 1. The van der Waals surface area contributed by atoms with E-state index in [2.05, 4.69) is 10.6 Å². The number of hydrogen-bond donors (Lipinski definition) is 2. The zero-order valence-electron chi connectivity index (χ0n) is 16.6. The molecule has 2 aromatic carbocycles. The smallest absolute Gasteiger partial charge is 0.270 e. The highest BCUT2D eigenvalue weighted by atomic mass is 35.5. The molecule has 2 N–H and O–H groups in total. The number of carbonyl (C=O) groups is 2. The van der Waals surface area contributed by atoms with Gasteiger partial charge in [-0.1, -0.05) is 43.6 Å². The summed E-state index contributed by atoms with van der Waals surface area (Å²) in [4.78, 5) is 35.5. The summed E-state index contributed by atoms with van der Waals surface area (Å²) in [5.74, 6) is -0.899. The summed E-state index contributed by atoms with van der Waals surface area (Å²) < 4.78 is 0. The van der Waals surface area contributed by atoms with Gasteiger partial charge < -0.3 is 10.6 Å². The molecule has 0 aliphatic rings. The van der Waals surface area contributed by atoms with E-state index >= 15 is 0 Å². The van der Waals surface area contributed by atoms with Crippen LogP contribution >= 0.6 is 11.6 Å². The first-order chi connectivity index (χ1) is 13.7. The van der Waals surface area contributed by atoms with Gasteiger partial charge in [-0.15, -0.1) is 0 Å². The summed E-state index contributed by atoms with van der Waals surface area (Å²) in [6.45, 7) is 5.53. The molecule has 0 saturated carbocycles. The van der Waals surface area contributed by atoms with E-state index in [0.717, 1.165) is 5.56 Å². The van der Waals surface area contributed by atoms with Gasteiger partial charge >= 0.3 is 0 Å². The summed E-state index contributed by atoms with van der Waals surface area (Å²) in [6.07, 6.45) is 1.31. The molecule has 1 unspecified atom stereocenters. The molecule has 0 fully saturated rings. The Kier molecular flexibility index (Phi) is 7.34. The third kappa shape index (κ3) is 5.32. The molecule has 154 valence electrons. The van der Waals surface area contributed by atoms with Crippen LogP contribution in [0.1, 0.15) is 49.5 Å². The van der Waals surface area contributed by atoms with E-state index in [1.54, 1.807) is 19.1 Å². The van der Waals surface area contributed by atoms with Gasteiger partial charge in [0.15, 0.2) is 0 Å². The van der Waals surface area contributed by atoms with E-state index in [0.29, 0.717) is 17.9 Å². The fraction of sp³-hybridized carbons (Fsp3) is 0.333. The Balaban J connectivity index is 2.13. The summed E-state index contributed by atoms with van der Waals surface area (Å²) >= 11 is 5.97. The maximum Gasteiger partial charge on any atom is 0.270 e. The van der Waals surface area contributed by atoms with Crippen LogP contribution in [-0.4, -0.2) is 22.8 Å². The zero-order valence-corrected chi connectivity index (χ0v) is 17.3. The number of nitro groups is 1. The van der Waals surface area contributed by atoms with Crippen molar-refractivity contribution in [2.45, 2.75) is 45.2 Å². The third-order valence-electron chi connectivity index (χ3n) is 5.03. The molecule has 29 heavy (non-hydrogen) atoms. The van der Waals surface area contributed by atoms with Gasteiger partial charge in [0.25, 0.3) is 11.6 Å². The Morgan fingerprint density at radius 3 is 2.31 bits per heavy atom. The molecule has 7 nitrogen and oxygen atoms in total. The maximum absolute atomic E-state index is 12.8. The second kappa shape index (κ2) is 9.52. The van der Waals surface area contributed by atoms with Gasteiger partial charge in [-0.05, 0) is 43.5 Å². The number of nitrogens with zero attached hydrogens (tertiary/aromatic N) is 1. The lowest BCUT2D eigenvalue weighted by Gasteiger charge is -2.35. The van der Waals surface area contributed by atoms with E-state index in [4.69, 9.17) is 11.6 Å². The summed E-state index contributed by atoms with van der Waals surface area (Å²) in [6, 6.07) is 11.8. The van der Waals surface area contributed by atoms with Crippen LogP contribution < -0.4 is 10.6 Å². The number of halogens is 1. The van der Waals surface area contributed by atoms with Gasteiger partial charge in [-0.2, -0.15) is 0 Å². The maximum atomic E-state index is 12.8. The Labute approximate surface area is 174 Å². The predicted molar refractivity (Wildman–Crippen MR) is 112 cm³/mol. The first-order valence-electron chi connectivity index (χ1n) is 9.35. The molecular formula is C21H24ClN3O4. The minimum atomic E-state index is -0.827.